The van der Waals surface area contributed by atoms with Crippen molar-refractivity contribution in [2.45, 2.75) is 6.92 Å². The third-order valence-electron chi connectivity index (χ3n) is 1.78. The zero-order valence-electron chi connectivity index (χ0n) is 7.61. The van der Waals surface area contributed by atoms with Crippen LogP contribution in [-0.4, -0.2) is 15.0 Å². The van der Waals surface area contributed by atoms with E-state index in [1.54, 1.807) is 6.33 Å². The fourth-order valence-corrected chi connectivity index (χ4v) is 1.49. The molecule has 2 aromatic heterocycles. The van der Waals surface area contributed by atoms with Crippen molar-refractivity contribution in [3.63, 3.8) is 0 Å². The summed E-state index contributed by atoms with van der Waals surface area (Å²) in [5.74, 6) is 0. The van der Waals surface area contributed by atoms with Crippen molar-refractivity contribution in [3.05, 3.63) is 40.9 Å². The number of rotatable bonds is 1. The normalized spacial score (nSPS) is 10.1. The second kappa shape index (κ2) is 3.84. The predicted molar refractivity (Wildman–Crippen MR) is 57.7 cm³/mol. The molecule has 0 saturated carbocycles. The average Bonchev–Trinajstić information content (AvgIpc) is 2.18. The zero-order chi connectivity index (χ0) is 9.97. The van der Waals surface area contributed by atoms with Crippen LogP contribution in [0.25, 0.3) is 11.4 Å². The lowest BCUT2D eigenvalue weighted by molar-refractivity contribution is 1.09. The van der Waals surface area contributed by atoms with Gasteiger partial charge >= 0.3 is 0 Å². The van der Waals surface area contributed by atoms with Gasteiger partial charge in [0.2, 0.25) is 0 Å². The molecule has 0 aromatic carbocycles. The van der Waals surface area contributed by atoms with E-state index in [1.807, 2.05) is 31.2 Å². The molecule has 0 unspecified atom stereocenters. The van der Waals surface area contributed by atoms with Crippen molar-refractivity contribution in [2.75, 3.05) is 0 Å². The lowest BCUT2D eigenvalue weighted by Crippen LogP contribution is -1.90. The fourth-order valence-electron chi connectivity index (χ4n) is 1.15. The van der Waals surface area contributed by atoms with Crippen LogP contribution >= 0.6 is 15.9 Å². The quantitative estimate of drug-likeness (QED) is 0.730. The van der Waals surface area contributed by atoms with Gasteiger partial charge in [0.15, 0.2) is 0 Å². The summed E-state index contributed by atoms with van der Waals surface area (Å²) in [4.78, 5) is 12.5. The first-order valence-electron chi connectivity index (χ1n) is 4.17. The Morgan fingerprint density at radius 2 is 2.00 bits per heavy atom. The summed E-state index contributed by atoms with van der Waals surface area (Å²) >= 11 is 3.32. The summed E-state index contributed by atoms with van der Waals surface area (Å²) in [6, 6.07) is 7.66. The Hall–Kier alpha value is -1.29. The summed E-state index contributed by atoms with van der Waals surface area (Å²) in [6.45, 7) is 1.93. The lowest BCUT2D eigenvalue weighted by atomic mass is 10.2. The Morgan fingerprint density at radius 3 is 2.71 bits per heavy atom. The van der Waals surface area contributed by atoms with Gasteiger partial charge in [0, 0.05) is 5.69 Å². The van der Waals surface area contributed by atoms with Gasteiger partial charge in [-0.1, -0.05) is 6.07 Å². The smallest absolute Gasteiger partial charge is 0.116 e. The van der Waals surface area contributed by atoms with Gasteiger partial charge < -0.3 is 0 Å². The summed E-state index contributed by atoms with van der Waals surface area (Å²) < 4.78 is 0.811. The Bertz CT molecular complexity index is 413. The van der Waals surface area contributed by atoms with Crippen LogP contribution in [0.15, 0.2) is 35.2 Å². The van der Waals surface area contributed by atoms with Crippen molar-refractivity contribution in [1.82, 2.24) is 15.0 Å². The summed E-state index contributed by atoms with van der Waals surface area (Å²) in [5.41, 5.74) is 2.64. The second-order valence-corrected chi connectivity index (χ2v) is 3.70. The molecule has 2 heterocycles. The van der Waals surface area contributed by atoms with E-state index in [-0.39, 0.29) is 0 Å². The molecule has 0 saturated heterocycles. The Morgan fingerprint density at radius 1 is 1.14 bits per heavy atom. The number of aryl methyl sites for hydroxylation is 1. The molecular weight excluding hydrogens is 242 g/mol. The number of halogens is 1. The first kappa shape index (κ1) is 9.27. The molecule has 0 bridgehead atoms. The molecule has 0 spiro atoms. The van der Waals surface area contributed by atoms with E-state index in [4.69, 9.17) is 0 Å². The van der Waals surface area contributed by atoms with Gasteiger partial charge in [-0.15, -0.1) is 0 Å². The number of hydrogen-bond donors (Lipinski definition) is 0. The highest BCUT2D eigenvalue weighted by Crippen LogP contribution is 2.16. The van der Waals surface area contributed by atoms with E-state index in [2.05, 4.69) is 30.9 Å². The van der Waals surface area contributed by atoms with Crippen LogP contribution in [0.1, 0.15) is 5.69 Å². The summed E-state index contributed by atoms with van der Waals surface area (Å²) in [5, 5.41) is 0. The van der Waals surface area contributed by atoms with Crippen molar-refractivity contribution >= 4 is 15.9 Å². The minimum atomic E-state index is 0.811. The average molecular weight is 250 g/mol. The SMILES string of the molecule is Cc1cc(-c2cccc(Br)n2)ncn1. The number of nitrogens with zero attached hydrogens (tertiary/aromatic N) is 3. The molecule has 4 heteroatoms. The van der Waals surface area contributed by atoms with Crippen LogP contribution in [0.3, 0.4) is 0 Å². The highest BCUT2D eigenvalue weighted by atomic mass is 79.9. The fraction of sp³-hybridized carbons (Fsp3) is 0.100. The van der Waals surface area contributed by atoms with Crippen LogP contribution in [0, 0.1) is 6.92 Å². The summed E-state index contributed by atoms with van der Waals surface area (Å²) in [6.07, 6.45) is 1.55. The molecule has 0 aliphatic carbocycles. The van der Waals surface area contributed by atoms with E-state index < -0.39 is 0 Å². The molecule has 0 aliphatic rings. The molecule has 0 radical (unpaired) electrons. The topological polar surface area (TPSA) is 38.7 Å². The van der Waals surface area contributed by atoms with Crippen LogP contribution in [0.4, 0.5) is 0 Å². The van der Waals surface area contributed by atoms with Gasteiger partial charge in [-0.3, -0.25) is 0 Å². The minimum absolute atomic E-state index is 0.811. The lowest BCUT2D eigenvalue weighted by Gasteiger charge is -2.00. The van der Waals surface area contributed by atoms with Gasteiger partial charge in [-0.2, -0.15) is 0 Å². The van der Waals surface area contributed by atoms with E-state index in [0.29, 0.717) is 0 Å². The largest absolute Gasteiger partial charge is 0.242 e. The number of aromatic nitrogens is 3. The first-order valence-corrected chi connectivity index (χ1v) is 4.96. The van der Waals surface area contributed by atoms with Crippen molar-refractivity contribution < 1.29 is 0 Å². The van der Waals surface area contributed by atoms with Crippen molar-refractivity contribution in [1.29, 1.82) is 0 Å². The zero-order valence-corrected chi connectivity index (χ0v) is 9.19. The second-order valence-electron chi connectivity index (χ2n) is 2.89. The van der Waals surface area contributed by atoms with E-state index >= 15 is 0 Å². The van der Waals surface area contributed by atoms with Crippen LogP contribution in [-0.2, 0) is 0 Å². The molecular formula is C10H8BrN3. The van der Waals surface area contributed by atoms with Gasteiger partial charge in [-0.05, 0) is 41.1 Å². The molecule has 2 aromatic rings. The molecule has 14 heavy (non-hydrogen) atoms. The minimum Gasteiger partial charge on any atom is -0.242 e. The molecule has 3 nitrogen and oxygen atoms in total. The molecule has 0 amide bonds. The Labute approximate surface area is 90.4 Å². The van der Waals surface area contributed by atoms with E-state index in [9.17, 15) is 0 Å². The standard InChI is InChI=1S/C10H8BrN3/c1-7-5-9(13-6-12-7)8-3-2-4-10(11)14-8/h2-6H,1H3. The third kappa shape index (κ3) is 1.96. The highest BCUT2D eigenvalue weighted by Gasteiger charge is 2.01. The van der Waals surface area contributed by atoms with Crippen LogP contribution in [0.5, 0.6) is 0 Å². The van der Waals surface area contributed by atoms with Gasteiger partial charge in [0.25, 0.3) is 0 Å². The van der Waals surface area contributed by atoms with E-state index in [1.165, 1.54) is 0 Å². The number of pyridine rings is 1. The monoisotopic (exact) mass is 249 g/mol. The van der Waals surface area contributed by atoms with Crippen LogP contribution < -0.4 is 0 Å². The molecule has 0 aliphatic heterocycles. The van der Waals surface area contributed by atoms with Crippen LogP contribution in [0.2, 0.25) is 0 Å². The maximum absolute atomic E-state index is 4.31. The van der Waals surface area contributed by atoms with Crippen molar-refractivity contribution in [2.24, 2.45) is 0 Å². The summed E-state index contributed by atoms with van der Waals surface area (Å²) in [7, 11) is 0. The van der Waals surface area contributed by atoms with E-state index in [0.717, 1.165) is 21.7 Å². The van der Waals surface area contributed by atoms with Crippen molar-refractivity contribution in [3.8, 4) is 11.4 Å². The van der Waals surface area contributed by atoms with Gasteiger partial charge in [0.1, 0.15) is 10.9 Å². The molecule has 70 valence electrons. The maximum Gasteiger partial charge on any atom is 0.116 e. The van der Waals surface area contributed by atoms with Gasteiger partial charge in [-0.25, -0.2) is 15.0 Å². The molecule has 2 rings (SSSR count). The molecule has 0 N–H and O–H groups in total. The Kier molecular flexibility index (Phi) is 2.54. The predicted octanol–water partition coefficient (Wildman–Crippen LogP) is 2.61. The maximum atomic E-state index is 4.31. The third-order valence-corrected chi connectivity index (χ3v) is 2.22. The highest BCUT2D eigenvalue weighted by molar-refractivity contribution is 9.10. The molecule has 0 atom stereocenters. The Balaban J connectivity index is 2.49. The number of hydrogen-bond acceptors (Lipinski definition) is 3. The first-order chi connectivity index (χ1) is 6.75. The van der Waals surface area contributed by atoms with Gasteiger partial charge in [0.05, 0.1) is 11.4 Å². The molecule has 0 fully saturated rings.